The summed E-state index contributed by atoms with van der Waals surface area (Å²) >= 11 is 5.31. The molecule has 0 saturated carbocycles. The maximum absolute atomic E-state index is 13.1. The van der Waals surface area contributed by atoms with Crippen molar-refractivity contribution in [2.75, 3.05) is 16.8 Å². The molecule has 1 saturated heterocycles. The summed E-state index contributed by atoms with van der Waals surface area (Å²) in [5, 5.41) is 3.42. The van der Waals surface area contributed by atoms with Gasteiger partial charge in [0.1, 0.15) is 5.82 Å². The van der Waals surface area contributed by atoms with Crippen molar-refractivity contribution in [3.05, 3.63) is 70.4 Å². The first-order valence-electron chi connectivity index (χ1n) is 8.48. The minimum Gasteiger partial charge on any atom is -0.298 e. The molecular weight excluding hydrogens is 399 g/mol. The van der Waals surface area contributed by atoms with Gasteiger partial charge in [-0.05, 0) is 48.9 Å². The summed E-state index contributed by atoms with van der Waals surface area (Å²) in [6, 6.07) is 14.0. The number of hydrogen-bond acceptors (Lipinski definition) is 5. The zero-order chi connectivity index (χ0) is 18.8. The van der Waals surface area contributed by atoms with Gasteiger partial charge in [-0.25, -0.2) is 9.37 Å². The number of aromatic nitrogens is 1. The van der Waals surface area contributed by atoms with Crippen molar-refractivity contribution in [3.8, 4) is 11.3 Å². The molecule has 2 aromatic carbocycles. The van der Waals surface area contributed by atoms with E-state index < -0.39 is 0 Å². The van der Waals surface area contributed by atoms with E-state index >= 15 is 0 Å². The lowest BCUT2D eigenvalue weighted by molar-refractivity contribution is 0.102. The first-order valence-corrected chi connectivity index (χ1v) is 11.4. The molecule has 0 bridgehead atoms. The van der Waals surface area contributed by atoms with Gasteiger partial charge in [-0.1, -0.05) is 12.1 Å². The third kappa shape index (κ3) is 4.20. The van der Waals surface area contributed by atoms with Crippen molar-refractivity contribution >= 4 is 45.9 Å². The summed E-state index contributed by atoms with van der Waals surface area (Å²) in [6.45, 7) is 1.94. The summed E-state index contributed by atoms with van der Waals surface area (Å²) in [4.78, 5) is 18.0. The molecule has 1 aromatic heterocycles. The van der Waals surface area contributed by atoms with Gasteiger partial charge in [0.2, 0.25) is 0 Å². The van der Waals surface area contributed by atoms with Gasteiger partial charge in [0.25, 0.3) is 5.91 Å². The summed E-state index contributed by atoms with van der Waals surface area (Å²) in [7, 11) is 0. The summed E-state index contributed by atoms with van der Waals surface area (Å²) in [5.41, 5.74) is 3.47. The lowest BCUT2D eigenvalue weighted by Crippen LogP contribution is -2.11. The van der Waals surface area contributed by atoms with E-state index in [2.05, 4.69) is 10.3 Å². The highest BCUT2D eigenvalue weighted by Crippen LogP contribution is 2.45. The van der Waals surface area contributed by atoms with Crippen LogP contribution in [-0.4, -0.2) is 22.4 Å². The van der Waals surface area contributed by atoms with Crippen molar-refractivity contribution in [2.45, 2.75) is 11.5 Å². The van der Waals surface area contributed by atoms with Gasteiger partial charge in [0.15, 0.2) is 5.13 Å². The molecule has 3 nitrogen and oxygen atoms in total. The molecule has 7 heteroatoms. The highest BCUT2D eigenvalue weighted by atomic mass is 32.2. The predicted octanol–water partition coefficient (Wildman–Crippen LogP) is 5.99. The second-order valence-corrected chi connectivity index (χ2v) is 10.0. The number of nitrogens with one attached hydrogen (secondary N) is 1. The smallest absolute Gasteiger partial charge is 0.257 e. The van der Waals surface area contributed by atoms with E-state index in [1.165, 1.54) is 40.5 Å². The maximum Gasteiger partial charge on any atom is 0.257 e. The Bertz CT molecular complexity index is 948. The van der Waals surface area contributed by atoms with Gasteiger partial charge >= 0.3 is 0 Å². The van der Waals surface area contributed by atoms with E-state index in [0.717, 1.165) is 16.1 Å². The standard InChI is InChI=1S/C20H17FN2OS3/c1-12-17(13-6-8-16(21)9-7-13)22-20(27-12)23-18(24)14-2-4-15(5-3-14)19-25-10-11-26-19/h2-9,19H,10-11H2,1H3,(H,22,23,24). The molecule has 0 radical (unpaired) electrons. The molecule has 1 aliphatic rings. The third-order valence-electron chi connectivity index (χ3n) is 4.20. The highest BCUT2D eigenvalue weighted by Gasteiger charge is 2.19. The molecule has 138 valence electrons. The van der Waals surface area contributed by atoms with Crippen molar-refractivity contribution in [1.82, 2.24) is 4.98 Å². The van der Waals surface area contributed by atoms with Crippen LogP contribution in [0, 0.1) is 12.7 Å². The number of aryl methyl sites for hydroxylation is 1. The zero-order valence-electron chi connectivity index (χ0n) is 14.6. The molecule has 0 atom stereocenters. The number of thioether (sulfide) groups is 2. The molecule has 1 fully saturated rings. The minimum absolute atomic E-state index is 0.173. The van der Waals surface area contributed by atoms with Crippen LogP contribution >= 0.6 is 34.9 Å². The molecule has 3 aromatic rings. The number of thiazole rings is 1. The topological polar surface area (TPSA) is 42.0 Å². The van der Waals surface area contributed by atoms with Crippen LogP contribution in [0.4, 0.5) is 9.52 Å². The van der Waals surface area contributed by atoms with E-state index in [1.54, 1.807) is 12.1 Å². The number of carbonyl (C=O) groups excluding carboxylic acids is 1. The number of hydrogen-bond donors (Lipinski definition) is 1. The quantitative estimate of drug-likeness (QED) is 0.567. The van der Waals surface area contributed by atoms with E-state index in [4.69, 9.17) is 0 Å². The lowest BCUT2D eigenvalue weighted by Gasteiger charge is -2.09. The molecule has 0 spiro atoms. The molecule has 1 N–H and O–H groups in total. The van der Waals surface area contributed by atoms with E-state index in [1.807, 2.05) is 54.7 Å². The van der Waals surface area contributed by atoms with E-state index in [9.17, 15) is 9.18 Å². The number of carbonyl (C=O) groups is 1. The Morgan fingerprint density at radius 3 is 2.41 bits per heavy atom. The average molecular weight is 417 g/mol. The second kappa shape index (κ2) is 8.04. The number of rotatable bonds is 4. The SMILES string of the molecule is Cc1sc(NC(=O)c2ccc(C3SCCS3)cc2)nc1-c1ccc(F)cc1. The van der Waals surface area contributed by atoms with Gasteiger partial charge in [-0.15, -0.1) is 34.9 Å². The third-order valence-corrected chi connectivity index (χ3v) is 8.19. The van der Waals surface area contributed by atoms with Crippen LogP contribution < -0.4 is 5.32 Å². The fourth-order valence-electron chi connectivity index (χ4n) is 2.84. The lowest BCUT2D eigenvalue weighted by atomic mass is 10.1. The molecule has 4 rings (SSSR count). The van der Waals surface area contributed by atoms with Crippen molar-refractivity contribution in [1.29, 1.82) is 0 Å². The Morgan fingerprint density at radius 2 is 1.74 bits per heavy atom. The number of nitrogens with zero attached hydrogens (tertiary/aromatic N) is 1. The summed E-state index contributed by atoms with van der Waals surface area (Å²) in [5.74, 6) is 1.90. The van der Waals surface area contributed by atoms with Crippen LogP contribution in [0.1, 0.15) is 25.4 Å². The maximum atomic E-state index is 13.1. The van der Waals surface area contributed by atoms with Gasteiger partial charge in [0, 0.05) is 27.5 Å². The van der Waals surface area contributed by atoms with Crippen LogP contribution in [0.2, 0.25) is 0 Å². The number of anilines is 1. The summed E-state index contributed by atoms with van der Waals surface area (Å²) < 4.78 is 13.6. The monoisotopic (exact) mass is 416 g/mol. The normalized spacial score (nSPS) is 14.4. The fourth-order valence-corrected chi connectivity index (χ4v) is 6.53. The number of halogens is 1. The summed E-state index contributed by atoms with van der Waals surface area (Å²) in [6.07, 6.45) is 0. The van der Waals surface area contributed by atoms with E-state index in [-0.39, 0.29) is 11.7 Å². The Kier molecular flexibility index (Phi) is 5.52. The molecule has 0 unspecified atom stereocenters. The zero-order valence-corrected chi connectivity index (χ0v) is 17.0. The predicted molar refractivity (Wildman–Crippen MR) is 114 cm³/mol. The Labute approximate surface area is 169 Å². The number of amides is 1. The van der Waals surface area contributed by atoms with Crippen LogP contribution in [0.3, 0.4) is 0 Å². The number of benzene rings is 2. The van der Waals surface area contributed by atoms with Crippen molar-refractivity contribution < 1.29 is 9.18 Å². The molecule has 2 heterocycles. The van der Waals surface area contributed by atoms with Gasteiger partial charge in [0.05, 0.1) is 10.3 Å². The minimum atomic E-state index is -0.280. The molecule has 27 heavy (non-hydrogen) atoms. The molecular formula is C20H17FN2OS3. The first kappa shape index (κ1) is 18.5. The van der Waals surface area contributed by atoms with Crippen LogP contribution in [0.25, 0.3) is 11.3 Å². The second-order valence-electron chi connectivity index (χ2n) is 6.08. The first-order chi connectivity index (χ1) is 13.1. The molecule has 1 aliphatic heterocycles. The van der Waals surface area contributed by atoms with Gasteiger partial charge in [-0.2, -0.15) is 0 Å². The highest BCUT2D eigenvalue weighted by molar-refractivity contribution is 8.19. The Balaban J connectivity index is 1.48. The largest absolute Gasteiger partial charge is 0.298 e. The van der Waals surface area contributed by atoms with Crippen molar-refractivity contribution in [3.63, 3.8) is 0 Å². The fraction of sp³-hybridized carbons (Fsp3) is 0.200. The Morgan fingerprint density at radius 1 is 1.07 bits per heavy atom. The van der Waals surface area contributed by atoms with Crippen molar-refractivity contribution in [2.24, 2.45) is 0 Å². The van der Waals surface area contributed by atoms with Gasteiger partial charge in [-0.3, -0.25) is 10.1 Å². The van der Waals surface area contributed by atoms with E-state index in [0.29, 0.717) is 15.3 Å². The van der Waals surface area contributed by atoms with Crippen LogP contribution in [0.15, 0.2) is 48.5 Å². The average Bonchev–Trinajstić information content (AvgIpc) is 3.33. The molecule has 0 aliphatic carbocycles. The van der Waals surface area contributed by atoms with Crippen LogP contribution in [0.5, 0.6) is 0 Å². The van der Waals surface area contributed by atoms with Gasteiger partial charge < -0.3 is 0 Å². The Hall–Kier alpha value is -1.83. The van der Waals surface area contributed by atoms with Crippen LogP contribution in [-0.2, 0) is 0 Å². The molecule has 1 amide bonds.